The molecule has 0 nitrogen and oxygen atoms in total. The average Bonchev–Trinajstić information content (AvgIpc) is 2.13. The zero-order valence-electron chi connectivity index (χ0n) is 8.00. The van der Waals surface area contributed by atoms with Crippen molar-refractivity contribution >= 4 is 37.9 Å². The highest BCUT2D eigenvalue weighted by molar-refractivity contribution is 7.80. The van der Waals surface area contributed by atoms with E-state index in [1.807, 2.05) is 0 Å². The van der Waals surface area contributed by atoms with Gasteiger partial charge in [-0.05, 0) is 36.5 Å². The lowest BCUT2D eigenvalue weighted by Crippen LogP contribution is -1.78. The molecule has 0 amide bonds. The minimum atomic E-state index is 1.01. The molecule has 0 saturated carbocycles. The summed E-state index contributed by atoms with van der Waals surface area (Å²) in [7, 11) is 0. The molecule has 0 saturated heterocycles. The summed E-state index contributed by atoms with van der Waals surface area (Å²) in [6, 6.07) is 0. The first-order valence-electron chi connectivity index (χ1n) is 4.66. The Morgan fingerprint density at radius 2 is 1.00 bits per heavy atom. The Bertz CT molecular complexity index is 49.7. The molecule has 0 aliphatic rings. The highest BCUT2D eigenvalue weighted by Crippen LogP contribution is 2.00. The molecule has 0 spiro atoms. The van der Waals surface area contributed by atoms with Crippen LogP contribution in [0.25, 0.3) is 0 Å². The van der Waals surface area contributed by atoms with Gasteiger partial charge in [0.25, 0.3) is 0 Å². The van der Waals surface area contributed by atoms with Crippen LogP contribution < -0.4 is 0 Å². The van der Waals surface area contributed by atoms with E-state index in [2.05, 4.69) is 44.8 Å². The Kier molecular flexibility index (Phi) is 23.2. The Labute approximate surface area is 94.1 Å². The van der Waals surface area contributed by atoms with Crippen LogP contribution in [0.15, 0.2) is 0 Å². The first-order chi connectivity index (χ1) is 5.83. The Morgan fingerprint density at radius 1 is 0.667 bits per heavy atom. The van der Waals surface area contributed by atoms with Crippen LogP contribution in [-0.2, 0) is 0 Å². The molecule has 0 aliphatic carbocycles. The van der Waals surface area contributed by atoms with E-state index in [0.29, 0.717) is 0 Å². The first kappa shape index (κ1) is 15.5. The van der Waals surface area contributed by atoms with Crippen molar-refractivity contribution in [1.82, 2.24) is 0 Å². The lowest BCUT2D eigenvalue weighted by molar-refractivity contribution is 0.713. The average molecular weight is 226 g/mol. The van der Waals surface area contributed by atoms with E-state index < -0.39 is 0 Å². The second-order valence-electron chi connectivity index (χ2n) is 2.59. The predicted octanol–water partition coefficient (Wildman–Crippen LogP) is 3.73. The topological polar surface area (TPSA) is 0 Å². The van der Waals surface area contributed by atoms with Gasteiger partial charge in [-0.25, -0.2) is 0 Å². The lowest BCUT2D eigenvalue weighted by atomic mass is 10.2. The van der Waals surface area contributed by atoms with Crippen LogP contribution in [-0.4, -0.2) is 17.3 Å². The summed E-state index contributed by atoms with van der Waals surface area (Å²) in [5, 5.41) is 0. The van der Waals surface area contributed by atoms with Gasteiger partial charge in [0.15, 0.2) is 0 Å². The maximum Gasteiger partial charge on any atom is -0.00979 e. The monoisotopic (exact) mass is 226 g/mol. The number of rotatable bonds is 6. The van der Waals surface area contributed by atoms with Gasteiger partial charge in [-0.1, -0.05) is 19.8 Å². The summed E-state index contributed by atoms with van der Waals surface area (Å²) >= 11 is 12.1. The van der Waals surface area contributed by atoms with E-state index in [-0.39, 0.29) is 0 Å². The highest BCUT2D eigenvalue weighted by atomic mass is 32.1. The quantitative estimate of drug-likeness (QED) is 0.446. The molecule has 0 heterocycles. The molecule has 76 valence electrons. The highest BCUT2D eigenvalue weighted by Gasteiger charge is 1.84. The molecule has 0 aliphatic heterocycles. The van der Waals surface area contributed by atoms with Gasteiger partial charge >= 0.3 is 0 Å². The van der Waals surface area contributed by atoms with Gasteiger partial charge in [-0.2, -0.15) is 37.9 Å². The van der Waals surface area contributed by atoms with Crippen LogP contribution in [0.5, 0.6) is 0 Å². The molecule has 0 aromatic rings. The fourth-order valence-electron chi connectivity index (χ4n) is 0.577. The summed E-state index contributed by atoms with van der Waals surface area (Å²) in [6.45, 7) is 2.10. The second-order valence-corrected chi connectivity index (χ2v) is 3.93. The number of hydrogen-bond donors (Lipinski definition) is 3. The van der Waals surface area contributed by atoms with Gasteiger partial charge in [-0.3, -0.25) is 0 Å². The van der Waals surface area contributed by atoms with Crippen molar-refractivity contribution in [2.75, 3.05) is 17.3 Å². The van der Waals surface area contributed by atoms with Crippen LogP contribution in [0.2, 0.25) is 0 Å². The smallest absolute Gasteiger partial charge is 0.00979 e. The standard InChI is InChI=1S/C6H14S2.C3H8S/c7-5-3-1-2-4-6-8;1-2-3-4/h7-8H,1-6H2;4H,2-3H2,1H3. The molecule has 0 radical (unpaired) electrons. The van der Waals surface area contributed by atoms with Crippen LogP contribution >= 0.6 is 37.9 Å². The first-order valence-corrected chi connectivity index (χ1v) is 6.55. The third kappa shape index (κ3) is 22.5. The van der Waals surface area contributed by atoms with Crippen LogP contribution in [0.4, 0.5) is 0 Å². The van der Waals surface area contributed by atoms with Gasteiger partial charge in [0.05, 0.1) is 0 Å². The van der Waals surface area contributed by atoms with E-state index in [9.17, 15) is 0 Å². The Morgan fingerprint density at radius 3 is 1.17 bits per heavy atom. The van der Waals surface area contributed by atoms with E-state index in [0.717, 1.165) is 17.3 Å². The van der Waals surface area contributed by atoms with Crippen LogP contribution in [0, 0.1) is 0 Å². The third-order valence-electron chi connectivity index (χ3n) is 1.29. The van der Waals surface area contributed by atoms with Crippen LogP contribution in [0.1, 0.15) is 39.0 Å². The maximum atomic E-state index is 4.10. The molecule has 0 aromatic heterocycles. The molecule has 0 rings (SSSR count). The maximum absolute atomic E-state index is 4.10. The minimum absolute atomic E-state index is 1.01. The van der Waals surface area contributed by atoms with Gasteiger partial charge in [0.1, 0.15) is 0 Å². The van der Waals surface area contributed by atoms with Crippen molar-refractivity contribution in [3.05, 3.63) is 0 Å². The number of unbranched alkanes of at least 4 members (excludes halogenated alkanes) is 3. The van der Waals surface area contributed by atoms with E-state index >= 15 is 0 Å². The summed E-state index contributed by atoms with van der Waals surface area (Å²) in [5.74, 6) is 3.08. The van der Waals surface area contributed by atoms with Gasteiger partial charge in [-0.15, -0.1) is 0 Å². The zero-order valence-corrected chi connectivity index (χ0v) is 10.7. The Balaban J connectivity index is 0. The van der Waals surface area contributed by atoms with Gasteiger partial charge in [0.2, 0.25) is 0 Å². The Hall–Kier alpha value is 1.05. The minimum Gasteiger partial charge on any atom is -0.179 e. The summed E-state index contributed by atoms with van der Waals surface area (Å²) in [6.07, 6.45) is 6.35. The van der Waals surface area contributed by atoms with Gasteiger partial charge < -0.3 is 0 Å². The molecular weight excluding hydrogens is 204 g/mol. The van der Waals surface area contributed by atoms with Crippen molar-refractivity contribution in [3.63, 3.8) is 0 Å². The predicted molar refractivity (Wildman–Crippen MR) is 70.3 cm³/mol. The second kappa shape index (κ2) is 18.0. The van der Waals surface area contributed by atoms with Crippen molar-refractivity contribution in [2.24, 2.45) is 0 Å². The SMILES string of the molecule is CCCS.SCCCCCCS. The van der Waals surface area contributed by atoms with Crippen LogP contribution in [0.3, 0.4) is 0 Å². The fourth-order valence-corrected chi connectivity index (χ4v) is 1.02. The van der Waals surface area contributed by atoms with Crippen molar-refractivity contribution < 1.29 is 0 Å². The van der Waals surface area contributed by atoms with E-state index in [4.69, 9.17) is 0 Å². The molecular formula is C9H22S3. The zero-order chi connectivity index (χ0) is 9.66. The molecule has 0 aromatic carbocycles. The molecule has 0 fully saturated rings. The van der Waals surface area contributed by atoms with E-state index in [1.54, 1.807) is 0 Å². The third-order valence-corrected chi connectivity index (χ3v) is 2.37. The van der Waals surface area contributed by atoms with Crippen molar-refractivity contribution in [2.45, 2.75) is 39.0 Å². The fraction of sp³-hybridized carbons (Fsp3) is 1.00. The normalized spacial score (nSPS) is 9.00. The largest absolute Gasteiger partial charge is 0.179 e. The molecule has 12 heavy (non-hydrogen) atoms. The molecule has 0 atom stereocenters. The molecule has 0 bridgehead atoms. The van der Waals surface area contributed by atoms with E-state index in [1.165, 1.54) is 32.1 Å². The summed E-state index contributed by atoms with van der Waals surface area (Å²) in [4.78, 5) is 0. The molecule has 3 heteroatoms. The number of hydrogen-bond acceptors (Lipinski definition) is 3. The summed E-state index contributed by atoms with van der Waals surface area (Å²) < 4.78 is 0. The summed E-state index contributed by atoms with van der Waals surface area (Å²) in [5.41, 5.74) is 0. The van der Waals surface area contributed by atoms with Gasteiger partial charge in [0, 0.05) is 0 Å². The molecule has 0 N–H and O–H groups in total. The van der Waals surface area contributed by atoms with Crippen molar-refractivity contribution in [3.8, 4) is 0 Å². The molecule has 0 unspecified atom stereocenters. The lowest BCUT2D eigenvalue weighted by Gasteiger charge is -1.93. The number of thiol groups is 3. The van der Waals surface area contributed by atoms with Crippen molar-refractivity contribution in [1.29, 1.82) is 0 Å².